The average Bonchev–Trinajstić information content (AvgIpc) is 2.75. The number of aliphatic hydroxyl groups is 1. The first kappa shape index (κ1) is 12.4. The first-order chi connectivity index (χ1) is 8.70. The quantitative estimate of drug-likeness (QED) is 0.757. The molecule has 0 fully saturated rings. The molecule has 2 N–H and O–H groups in total. The van der Waals surface area contributed by atoms with Crippen molar-refractivity contribution in [2.24, 2.45) is 0 Å². The largest absolute Gasteiger partial charge is 0.490 e. The van der Waals surface area contributed by atoms with Crippen molar-refractivity contribution in [1.29, 1.82) is 0 Å². The number of rotatable bonds is 5. The summed E-state index contributed by atoms with van der Waals surface area (Å²) in [7, 11) is 0. The van der Waals surface area contributed by atoms with Crippen molar-refractivity contribution < 1.29 is 19.4 Å². The summed E-state index contributed by atoms with van der Waals surface area (Å²) in [5, 5.41) is 12.2. The van der Waals surface area contributed by atoms with Gasteiger partial charge in [0, 0.05) is 18.2 Å². The maximum absolute atomic E-state index is 11.3. The molecule has 1 heterocycles. The third-order valence-electron chi connectivity index (χ3n) is 2.55. The minimum absolute atomic E-state index is 0.0603. The SMILES string of the molecule is C=CCNC(=O)COc1ccc2c(c1)OCC2O. The van der Waals surface area contributed by atoms with Crippen molar-refractivity contribution in [3.63, 3.8) is 0 Å². The highest BCUT2D eigenvalue weighted by molar-refractivity contribution is 5.77. The highest BCUT2D eigenvalue weighted by Crippen LogP contribution is 2.34. The minimum atomic E-state index is -0.579. The van der Waals surface area contributed by atoms with E-state index < -0.39 is 6.10 Å². The third-order valence-corrected chi connectivity index (χ3v) is 2.55. The van der Waals surface area contributed by atoms with Crippen LogP contribution >= 0.6 is 0 Å². The van der Waals surface area contributed by atoms with Crippen LogP contribution in [0, 0.1) is 0 Å². The number of amides is 1. The molecule has 1 aromatic carbocycles. The molecule has 0 saturated carbocycles. The molecule has 18 heavy (non-hydrogen) atoms. The molecule has 0 saturated heterocycles. The molecule has 2 rings (SSSR count). The van der Waals surface area contributed by atoms with E-state index in [1.807, 2.05) is 0 Å². The summed E-state index contributed by atoms with van der Waals surface area (Å²) in [4.78, 5) is 11.3. The van der Waals surface area contributed by atoms with Gasteiger partial charge < -0.3 is 19.9 Å². The number of hydrogen-bond donors (Lipinski definition) is 2. The summed E-state index contributed by atoms with van der Waals surface area (Å²) in [6.45, 7) is 4.12. The lowest BCUT2D eigenvalue weighted by Crippen LogP contribution is -2.28. The van der Waals surface area contributed by atoms with E-state index in [0.29, 0.717) is 18.0 Å². The van der Waals surface area contributed by atoms with Crippen LogP contribution in [0.25, 0.3) is 0 Å². The number of nitrogens with one attached hydrogen (secondary N) is 1. The zero-order valence-electron chi connectivity index (χ0n) is 9.89. The van der Waals surface area contributed by atoms with Gasteiger partial charge in [-0.25, -0.2) is 0 Å². The van der Waals surface area contributed by atoms with E-state index >= 15 is 0 Å². The second-order valence-corrected chi connectivity index (χ2v) is 3.91. The van der Waals surface area contributed by atoms with Crippen molar-refractivity contribution >= 4 is 5.91 Å². The van der Waals surface area contributed by atoms with Crippen LogP contribution in [0.5, 0.6) is 11.5 Å². The fourth-order valence-electron chi connectivity index (χ4n) is 1.65. The molecular formula is C13H15NO4. The summed E-state index contributed by atoms with van der Waals surface area (Å²) in [6, 6.07) is 5.12. The van der Waals surface area contributed by atoms with Gasteiger partial charge >= 0.3 is 0 Å². The van der Waals surface area contributed by atoms with Crippen molar-refractivity contribution in [2.75, 3.05) is 19.8 Å². The second kappa shape index (κ2) is 5.55. The highest BCUT2D eigenvalue weighted by atomic mass is 16.5. The predicted octanol–water partition coefficient (Wildman–Crippen LogP) is 0.793. The molecule has 1 amide bonds. The minimum Gasteiger partial charge on any atom is -0.490 e. The van der Waals surface area contributed by atoms with E-state index in [1.54, 1.807) is 24.3 Å². The third kappa shape index (κ3) is 2.81. The Morgan fingerprint density at radius 3 is 3.28 bits per heavy atom. The molecular weight excluding hydrogens is 234 g/mol. The topological polar surface area (TPSA) is 67.8 Å². The van der Waals surface area contributed by atoms with Gasteiger partial charge in [-0.15, -0.1) is 6.58 Å². The molecule has 5 nitrogen and oxygen atoms in total. The van der Waals surface area contributed by atoms with Gasteiger partial charge in [-0.05, 0) is 12.1 Å². The van der Waals surface area contributed by atoms with Crippen LogP contribution in [0.4, 0.5) is 0 Å². The lowest BCUT2D eigenvalue weighted by Gasteiger charge is -2.07. The smallest absolute Gasteiger partial charge is 0.258 e. The number of fused-ring (bicyclic) bond motifs is 1. The summed E-state index contributed by atoms with van der Waals surface area (Å²) in [6.07, 6.45) is 1.02. The lowest BCUT2D eigenvalue weighted by molar-refractivity contribution is -0.122. The van der Waals surface area contributed by atoms with E-state index in [1.165, 1.54) is 0 Å². The van der Waals surface area contributed by atoms with Gasteiger partial charge in [0.15, 0.2) is 6.61 Å². The number of aliphatic hydroxyl groups excluding tert-OH is 1. The number of carbonyl (C=O) groups excluding carboxylic acids is 1. The fraction of sp³-hybridized carbons (Fsp3) is 0.308. The fourth-order valence-corrected chi connectivity index (χ4v) is 1.65. The van der Waals surface area contributed by atoms with Crippen molar-refractivity contribution in [1.82, 2.24) is 5.32 Å². The standard InChI is InChI=1S/C13H15NO4/c1-2-5-14-13(16)8-17-9-3-4-10-11(15)7-18-12(10)6-9/h2-4,6,11,15H,1,5,7-8H2,(H,14,16). The van der Waals surface area contributed by atoms with E-state index in [0.717, 1.165) is 5.56 Å². The molecule has 0 aliphatic carbocycles. The Morgan fingerprint density at radius 1 is 1.67 bits per heavy atom. The summed E-state index contributed by atoms with van der Waals surface area (Å²) < 4.78 is 10.6. The van der Waals surface area contributed by atoms with Crippen LogP contribution in [-0.2, 0) is 4.79 Å². The molecule has 96 valence electrons. The molecule has 1 atom stereocenters. The van der Waals surface area contributed by atoms with Crippen molar-refractivity contribution in [3.05, 3.63) is 36.4 Å². The number of carbonyl (C=O) groups is 1. The molecule has 1 unspecified atom stereocenters. The molecule has 0 radical (unpaired) electrons. The summed E-state index contributed by atoms with van der Waals surface area (Å²) in [5.41, 5.74) is 0.749. The van der Waals surface area contributed by atoms with E-state index in [4.69, 9.17) is 9.47 Å². The molecule has 0 aromatic heterocycles. The predicted molar refractivity (Wildman–Crippen MR) is 65.6 cm³/mol. The Hall–Kier alpha value is -2.01. The zero-order chi connectivity index (χ0) is 13.0. The Kier molecular flexibility index (Phi) is 3.84. The van der Waals surface area contributed by atoms with Crippen LogP contribution in [-0.4, -0.2) is 30.8 Å². The first-order valence-corrected chi connectivity index (χ1v) is 5.66. The zero-order valence-corrected chi connectivity index (χ0v) is 9.89. The lowest BCUT2D eigenvalue weighted by atomic mass is 10.1. The van der Waals surface area contributed by atoms with Crippen molar-refractivity contribution in [2.45, 2.75) is 6.10 Å². The van der Waals surface area contributed by atoms with Gasteiger partial charge in [-0.3, -0.25) is 4.79 Å². The Labute approximate surface area is 105 Å². The van der Waals surface area contributed by atoms with Crippen LogP contribution < -0.4 is 14.8 Å². The summed E-state index contributed by atoms with van der Waals surface area (Å²) in [5.74, 6) is 0.930. The Balaban J connectivity index is 1.91. The van der Waals surface area contributed by atoms with Gasteiger partial charge in [-0.2, -0.15) is 0 Å². The molecule has 0 bridgehead atoms. The molecule has 0 spiro atoms. The Bertz CT molecular complexity index is 458. The van der Waals surface area contributed by atoms with E-state index in [2.05, 4.69) is 11.9 Å². The van der Waals surface area contributed by atoms with E-state index in [-0.39, 0.29) is 19.1 Å². The maximum atomic E-state index is 11.3. The van der Waals surface area contributed by atoms with Gasteiger partial charge in [0.2, 0.25) is 0 Å². The van der Waals surface area contributed by atoms with Crippen LogP contribution in [0.2, 0.25) is 0 Å². The van der Waals surface area contributed by atoms with Gasteiger partial charge in [0.05, 0.1) is 0 Å². The monoisotopic (exact) mass is 249 g/mol. The van der Waals surface area contributed by atoms with Crippen LogP contribution in [0.15, 0.2) is 30.9 Å². The number of hydrogen-bond acceptors (Lipinski definition) is 4. The van der Waals surface area contributed by atoms with Crippen LogP contribution in [0.3, 0.4) is 0 Å². The second-order valence-electron chi connectivity index (χ2n) is 3.91. The summed E-state index contributed by atoms with van der Waals surface area (Å²) >= 11 is 0. The van der Waals surface area contributed by atoms with Gasteiger partial charge in [0.25, 0.3) is 5.91 Å². The average molecular weight is 249 g/mol. The normalized spacial score (nSPS) is 16.6. The number of benzene rings is 1. The molecule has 1 aromatic rings. The highest BCUT2D eigenvalue weighted by Gasteiger charge is 2.22. The Morgan fingerprint density at radius 2 is 2.50 bits per heavy atom. The van der Waals surface area contributed by atoms with Crippen molar-refractivity contribution in [3.8, 4) is 11.5 Å². The molecule has 1 aliphatic heterocycles. The van der Waals surface area contributed by atoms with E-state index in [9.17, 15) is 9.90 Å². The van der Waals surface area contributed by atoms with Gasteiger partial charge in [-0.1, -0.05) is 6.08 Å². The van der Waals surface area contributed by atoms with Gasteiger partial charge in [0.1, 0.15) is 24.2 Å². The molecule has 1 aliphatic rings. The first-order valence-electron chi connectivity index (χ1n) is 5.66. The number of ether oxygens (including phenoxy) is 2. The molecule has 5 heteroatoms. The van der Waals surface area contributed by atoms with Crippen LogP contribution in [0.1, 0.15) is 11.7 Å². The maximum Gasteiger partial charge on any atom is 0.258 e.